The average molecular weight is 570 g/mol. The number of hydrogen-bond donors (Lipinski definition) is 0. The Labute approximate surface area is 250 Å². The summed E-state index contributed by atoms with van der Waals surface area (Å²) in [6.45, 7) is 3.36. The smallest absolute Gasteiger partial charge is 0.261 e. The number of aromatic nitrogens is 2. The van der Waals surface area contributed by atoms with Gasteiger partial charge in [-0.05, 0) is 17.7 Å². The van der Waals surface area contributed by atoms with Gasteiger partial charge in [0, 0.05) is 29.6 Å². The molecule has 0 N–H and O–H groups in total. The summed E-state index contributed by atoms with van der Waals surface area (Å²) in [5, 5.41) is 0. The second kappa shape index (κ2) is 11.1. The number of fused-ring (bicyclic) bond motifs is 1. The maximum atomic E-state index is 13.0. The first-order chi connectivity index (χ1) is 21.0. The molecule has 7 rings (SSSR count). The fourth-order valence-corrected chi connectivity index (χ4v) is 5.91. The Balaban J connectivity index is 1.22. The average Bonchev–Trinajstić information content (AvgIpc) is 3.54. The fraction of sp³-hybridized carbons (Fsp3) is 0.194. The SMILES string of the molecule is CC1(CN2C(=O)c3ccccc3C2=O)COC(c2nc(-c3ccccc3)c(-c3ccccc3)n2Cc2ccccc2)OC1. The van der Waals surface area contributed by atoms with E-state index in [2.05, 4.69) is 41.0 Å². The number of rotatable bonds is 7. The first-order valence-electron chi connectivity index (χ1n) is 14.4. The van der Waals surface area contributed by atoms with E-state index in [1.165, 1.54) is 4.90 Å². The van der Waals surface area contributed by atoms with Crippen LogP contribution in [0.4, 0.5) is 0 Å². The van der Waals surface area contributed by atoms with Crippen LogP contribution in [0.2, 0.25) is 0 Å². The van der Waals surface area contributed by atoms with Gasteiger partial charge in [0.25, 0.3) is 11.8 Å². The molecule has 2 amide bonds. The number of carbonyl (C=O) groups is 2. The van der Waals surface area contributed by atoms with Gasteiger partial charge in [-0.3, -0.25) is 14.5 Å². The summed E-state index contributed by atoms with van der Waals surface area (Å²) in [5.74, 6) is 0.119. The first kappa shape index (κ1) is 27.0. The normalized spacial score (nSPS) is 19.9. The Morgan fingerprint density at radius 1 is 0.721 bits per heavy atom. The molecule has 1 aromatic heterocycles. The van der Waals surface area contributed by atoms with Crippen molar-refractivity contribution in [3.63, 3.8) is 0 Å². The Morgan fingerprint density at radius 2 is 1.23 bits per heavy atom. The van der Waals surface area contributed by atoms with E-state index in [1.807, 2.05) is 61.5 Å². The van der Waals surface area contributed by atoms with E-state index in [0.29, 0.717) is 36.7 Å². The quantitative estimate of drug-likeness (QED) is 0.206. The highest BCUT2D eigenvalue weighted by molar-refractivity contribution is 6.21. The van der Waals surface area contributed by atoms with Crippen molar-refractivity contribution in [2.75, 3.05) is 19.8 Å². The van der Waals surface area contributed by atoms with Crippen LogP contribution in [0.1, 0.15) is 45.3 Å². The van der Waals surface area contributed by atoms with Crippen molar-refractivity contribution in [1.82, 2.24) is 14.5 Å². The lowest BCUT2D eigenvalue weighted by molar-refractivity contribution is -0.235. The number of ether oxygens (including phenoxy) is 2. The fourth-order valence-electron chi connectivity index (χ4n) is 5.91. The van der Waals surface area contributed by atoms with Gasteiger partial charge in [-0.15, -0.1) is 0 Å². The third kappa shape index (κ3) is 5.07. The third-order valence-corrected chi connectivity index (χ3v) is 8.07. The van der Waals surface area contributed by atoms with E-state index >= 15 is 0 Å². The lowest BCUT2D eigenvalue weighted by Gasteiger charge is -2.38. The molecule has 214 valence electrons. The van der Waals surface area contributed by atoms with Crippen LogP contribution < -0.4 is 0 Å². The minimum Gasteiger partial charge on any atom is -0.345 e. The molecular formula is C36H31N3O4. The number of amides is 2. The molecule has 0 aliphatic carbocycles. The van der Waals surface area contributed by atoms with Crippen molar-refractivity contribution in [2.45, 2.75) is 19.8 Å². The molecule has 0 atom stereocenters. The number of hydrogen-bond acceptors (Lipinski definition) is 5. The number of carbonyl (C=O) groups excluding carboxylic acids is 2. The van der Waals surface area contributed by atoms with E-state index < -0.39 is 11.7 Å². The van der Waals surface area contributed by atoms with Crippen LogP contribution in [0, 0.1) is 5.41 Å². The van der Waals surface area contributed by atoms with Gasteiger partial charge in [0.1, 0.15) is 0 Å². The Morgan fingerprint density at radius 3 is 1.81 bits per heavy atom. The standard InChI is InChI=1S/C36H31N3O4/c1-36(22-39-33(40)28-19-11-12-20-29(28)34(39)41)23-42-35(43-24-36)32-37-30(26-15-7-3-8-16-26)31(27-17-9-4-10-18-27)38(32)21-25-13-5-2-6-14-25/h2-20,35H,21-24H2,1H3. The molecule has 0 radical (unpaired) electrons. The van der Waals surface area contributed by atoms with Crippen LogP contribution in [0.15, 0.2) is 115 Å². The van der Waals surface area contributed by atoms with Crippen LogP contribution in [0.5, 0.6) is 0 Å². The summed E-state index contributed by atoms with van der Waals surface area (Å²) in [4.78, 5) is 32.6. The Kier molecular flexibility index (Phi) is 6.97. The number of imide groups is 1. The van der Waals surface area contributed by atoms with Gasteiger partial charge in [-0.2, -0.15) is 0 Å². The van der Waals surface area contributed by atoms with Gasteiger partial charge < -0.3 is 14.0 Å². The molecule has 7 heteroatoms. The van der Waals surface area contributed by atoms with Gasteiger partial charge in [-0.1, -0.05) is 110 Å². The minimum atomic E-state index is -0.723. The number of nitrogens with zero attached hydrogens (tertiary/aromatic N) is 3. The highest BCUT2D eigenvalue weighted by Crippen LogP contribution is 2.39. The Hall–Kier alpha value is -4.85. The molecule has 1 saturated heterocycles. The topological polar surface area (TPSA) is 73.7 Å². The lowest BCUT2D eigenvalue weighted by Crippen LogP contribution is -2.47. The second-order valence-corrected chi connectivity index (χ2v) is 11.5. The zero-order valence-corrected chi connectivity index (χ0v) is 23.9. The van der Waals surface area contributed by atoms with Crippen molar-refractivity contribution >= 4 is 11.8 Å². The highest BCUT2D eigenvalue weighted by atomic mass is 16.7. The summed E-state index contributed by atoms with van der Waals surface area (Å²) in [6.07, 6.45) is -0.723. The van der Waals surface area contributed by atoms with Gasteiger partial charge >= 0.3 is 0 Å². The van der Waals surface area contributed by atoms with Gasteiger partial charge in [0.2, 0.25) is 6.29 Å². The van der Waals surface area contributed by atoms with Crippen LogP contribution in [-0.2, 0) is 16.0 Å². The molecule has 0 bridgehead atoms. The van der Waals surface area contributed by atoms with E-state index in [9.17, 15) is 9.59 Å². The van der Waals surface area contributed by atoms with E-state index in [1.54, 1.807) is 24.3 Å². The maximum Gasteiger partial charge on any atom is 0.261 e. The minimum absolute atomic E-state index is 0.203. The summed E-state index contributed by atoms with van der Waals surface area (Å²) >= 11 is 0. The molecule has 1 fully saturated rings. The molecule has 7 nitrogen and oxygen atoms in total. The predicted octanol–water partition coefficient (Wildman–Crippen LogP) is 6.61. The molecule has 4 aromatic carbocycles. The van der Waals surface area contributed by atoms with E-state index in [-0.39, 0.29) is 18.4 Å². The molecule has 2 aliphatic heterocycles. The van der Waals surface area contributed by atoms with E-state index in [0.717, 1.165) is 28.1 Å². The molecule has 0 unspecified atom stereocenters. The largest absolute Gasteiger partial charge is 0.345 e. The second-order valence-electron chi connectivity index (χ2n) is 11.5. The monoisotopic (exact) mass is 569 g/mol. The van der Waals surface area contributed by atoms with Crippen molar-refractivity contribution in [1.29, 1.82) is 0 Å². The summed E-state index contributed by atoms with van der Waals surface area (Å²) in [6, 6.07) is 37.6. The van der Waals surface area contributed by atoms with Crippen LogP contribution in [0.3, 0.4) is 0 Å². The molecular weight excluding hydrogens is 538 g/mol. The number of imidazole rings is 1. The number of benzene rings is 4. The van der Waals surface area contributed by atoms with Gasteiger partial charge in [0.15, 0.2) is 5.82 Å². The molecule has 5 aromatic rings. The van der Waals surface area contributed by atoms with Crippen molar-refractivity contribution in [2.24, 2.45) is 5.41 Å². The molecule has 2 aliphatic rings. The third-order valence-electron chi connectivity index (χ3n) is 8.07. The van der Waals surface area contributed by atoms with Gasteiger partial charge in [-0.25, -0.2) is 4.98 Å². The van der Waals surface area contributed by atoms with Crippen LogP contribution in [0.25, 0.3) is 22.5 Å². The van der Waals surface area contributed by atoms with Gasteiger partial charge in [0.05, 0.1) is 35.7 Å². The van der Waals surface area contributed by atoms with Crippen LogP contribution in [-0.4, -0.2) is 46.0 Å². The highest BCUT2D eigenvalue weighted by Gasteiger charge is 2.43. The molecule has 3 heterocycles. The zero-order valence-electron chi connectivity index (χ0n) is 23.9. The molecule has 43 heavy (non-hydrogen) atoms. The van der Waals surface area contributed by atoms with Crippen molar-refractivity contribution < 1.29 is 19.1 Å². The van der Waals surface area contributed by atoms with Crippen LogP contribution >= 0.6 is 0 Å². The zero-order chi connectivity index (χ0) is 29.4. The van der Waals surface area contributed by atoms with E-state index in [4.69, 9.17) is 14.5 Å². The summed E-state index contributed by atoms with van der Waals surface area (Å²) in [7, 11) is 0. The lowest BCUT2D eigenvalue weighted by atomic mass is 9.91. The summed E-state index contributed by atoms with van der Waals surface area (Å²) < 4.78 is 15.0. The predicted molar refractivity (Wildman–Crippen MR) is 163 cm³/mol. The molecule has 0 spiro atoms. The van der Waals surface area contributed by atoms with Crippen molar-refractivity contribution in [3.05, 3.63) is 138 Å². The Bertz CT molecular complexity index is 1740. The first-order valence-corrected chi connectivity index (χ1v) is 14.4. The molecule has 0 saturated carbocycles. The maximum absolute atomic E-state index is 13.0. The van der Waals surface area contributed by atoms with Crippen molar-refractivity contribution in [3.8, 4) is 22.5 Å². The summed E-state index contributed by atoms with van der Waals surface area (Å²) in [5.41, 5.74) is 5.31.